The first-order valence-electron chi connectivity index (χ1n) is 14.8. The molecule has 0 bridgehead atoms. The van der Waals surface area contributed by atoms with Crippen molar-refractivity contribution in [1.29, 1.82) is 0 Å². The highest BCUT2D eigenvalue weighted by Gasteiger charge is 2.45. The molecule has 1 aliphatic heterocycles. The van der Waals surface area contributed by atoms with Gasteiger partial charge in [-0.15, -0.1) is 0 Å². The van der Waals surface area contributed by atoms with Crippen LogP contribution in [0.4, 0.5) is 5.95 Å². The molecule has 17 heteroatoms. The van der Waals surface area contributed by atoms with Crippen molar-refractivity contribution >= 4 is 62.6 Å². The first kappa shape index (κ1) is 32.9. The molecule has 4 aromatic heterocycles. The van der Waals surface area contributed by atoms with Crippen LogP contribution in [0.5, 0.6) is 11.5 Å². The number of nitrogens with two attached hydrogens (primary N) is 1. The number of nitrogens with zero attached hydrogens (tertiary/aromatic N) is 4. The van der Waals surface area contributed by atoms with E-state index in [1.807, 2.05) is 0 Å². The van der Waals surface area contributed by atoms with E-state index in [9.17, 15) is 24.9 Å². The van der Waals surface area contributed by atoms with Gasteiger partial charge in [-0.05, 0) is 24.3 Å². The van der Waals surface area contributed by atoms with Crippen LogP contribution in [0, 0.1) is 0 Å². The molecule has 1 saturated heterocycles. The van der Waals surface area contributed by atoms with Crippen LogP contribution in [0.3, 0.4) is 0 Å². The number of anilines is 1. The van der Waals surface area contributed by atoms with E-state index in [0.717, 1.165) is 11.8 Å². The van der Waals surface area contributed by atoms with Crippen molar-refractivity contribution in [3.05, 3.63) is 80.5 Å². The summed E-state index contributed by atoms with van der Waals surface area (Å²) in [5, 5.41) is 33.2. The number of aliphatic hydroxyl groups is 3. The highest BCUT2D eigenvalue weighted by atomic mass is 32.2. The molecule has 1 fully saturated rings. The number of methoxy groups -OCH3 is 2. The summed E-state index contributed by atoms with van der Waals surface area (Å²) in [5.74, 6) is 0.939. The lowest BCUT2D eigenvalue weighted by molar-refractivity contribution is -0.0548. The van der Waals surface area contributed by atoms with Crippen LogP contribution in [0.25, 0.3) is 33.1 Å². The van der Waals surface area contributed by atoms with Crippen molar-refractivity contribution in [1.82, 2.24) is 19.5 Å². The molecule has 0 amide bonds. The fourth-order valence-corrected chi connectivity index (χ4v) is 7.50. The zero-order valence-corrected chi connectivity index (χ0v) is 27.6. The van der Waals surface area contributed by atoms with Gasteiger partial charge in [0.1, 0.15) is 28.9 Å². The van der Waals surface area contributed by atoms with Crippen molar-refractivity contribution < 1.29 is 38.4 Å². The second-order valence-corrected chi connectivity index (χ2v) is 12.9. The minimum absolute atomic E-state index is 0.0839. The van der Waals surface area contributed by atoms with Crippen LogP contribution in [0.1, 0.15) is 17.4 Å². The van der Waals surface area contributed by atoms with Gasteiger partial charge in [0.25, 0.3) is 0 Å². The molecule has 6 aromatic rings. The number of aromatic nitrogens is 4. The van der Waals surface area contributed by atoms with Crippen molar-refractivity contribution in [3.8, 4) is 11.5 Å². The number of ether oxygens (including phenoxy) is 3. The molecule has 1 aliphatic rings. The number of thioether (sulfide) groups is 2. The summed E-state index contributed by atoms with van der Waals surface area (Å²) in [7, 11) is 2.97. The number of aliphatic hydroxyl groups excluding tert-OH is 3. The van der Waals surface area contributed by atoms with E-state index < -0.39 is 42.4 Å². The van der Waals surface area contributed by atoms with Crippen molar-refractivity contribution in [2.75, 3.05) is 26.6 Å². The Hall–Kier alpha value is -4.65. The van der Waals surface area contributed by atoms with Crippen LogP contribution in [0.2, 0.25) is 0 Å². The summed E-state index contributed by atoms with van der Waals surface area (Å²) in [6, 6.07) is 13.9. The standard InChI is InChI=1S/C32H29N5O10S2/c1-43-18-7-3-5-14-9-16(29(41)46-24(14)18)12-48-27-21-26(35-31(33)36-27)37(28-23(40)22(39)20(11-38)45-28)32(34-21)49-13-17-10-15-6-4-8-19(44-2)25(15)47-30(17)42/h3-10,20,22-23,28,38-40H,11-13H2,1-2H3,(H2,33,35,36)/t20-,22-,23-,28-/m1/s1. The van der Waals surface area contributed by atoms with Gasteiger partial charge in [-0.25, -0.2) is 19.6 Å². The lowest BCUT2D eigenvalue weighted by Gasteiger charge is -2.19. The zero-order chi connectivity index (χ0) is 34.4. The van der Waals surface area contributed by atoms with Crippen molar-refractivity contribution in [2.24, 2.45) is 0 Å². The third kappa shape index (κ3) is 5.98. The average Bonchev–Trinajstić information content (AvgIpc) is 3.60. The molecule has 5 heterocycles. The van der Waals surface area contributed by atoms with E-state index >= 15 is 0 Å². The van der Waals surface area contributed by atoms with Gasteiger partial charge in [0.05, 0.1) is 20.8 Å². The van der Waals surface area contributed by atoms with E-state index in [4.69, 9.17) is 33.8 Å². The predicted molar refractivity (Wildman–Crippen MR) is 180 cm³/mol. The van der Waals surface area contributed by atoms with Crippen LogP contribution < -0.4 is 26.5 Å². The Balaban J connectivity index is 1.28. The van der Waals surface area contributed by atoms with Crippen LogP contribution in [-0.2, 0) is 16.2 Å². The third-order valence-electron chi connectivity index (χ3n) is 8.02. The normalized spacial score (nSPS) is 19.3. The number of rotatable bonds is 10. The van der Waals surface area contributed by atoms with Crippen molar-refractivity contribution in [3.63, 3.8) is 0 Å². The summed E-state index contributed by atoms with van der Waals surface area (Å²) in [5.41, 5.74) is 6.77. The topological polar surface area (TPSA) is 218 Å². The molecule has 49 heavy (non-hydrogen) atoms. The largest absolute Gasteiger partial charge is 0.493 e. The molecule has 0 radical (unpaired) electrons. The minimum atomic E-state index is -1.47. The average molecular weight is 708 g/mol. The van der Waals surface area contributed by atoms with Gasteiger partial charge in [0, 0.05) is 33.4 Å². The molecule has 0 unspecified atom stereocenters. The number of para-hydroxylation sites is 2. The lowest BCUT2D eigenvalue weighted by Crippen LogP contribution is -2.33. The van der Waals surface area contributed by atoms with Gasteiger partial charge in [-0.2, -0.15) is 4.98 Å². The smallest absolute Gasteiger partial charge is 0.340 e. The van der Waals surface area contributed by atoms with Crippen LogP contribution in [0.15, 0.2) is 77.1 Å². The van der Waals surface area contributed by atoms with Gasteiger partial charge < -0.3 is 44.1 Å². The second-order valence-electron chi connectivity index (χ2n) is 11.0. The molecule has 15 nitrogen and oxygen atoms in total. The SMILES string of the molecule is COc1cccc2cc(CSc3nc(N)nc4c3nc(SCc3cc5cccc(OC)c5oc3=O)n4[C@@H]3O[C@H](CO)[C@@H](O)[C@H]3O)c(=O)oc12. The second kappa shape index (κ2) is 13.3. The molecule has 5 N–H and O–H groups in total. The summed E-state index contributed by atoms with van der Waals surface area (Å²) >= 11 is 2.29. The maximum atomic E-state index is 13.0. The van der Waals surface area contributed by atoms with Gasteiger partial charge in [0.2, 0.25) is 5.95 Å². The first-order valence-corrected chi connectivity index (χ1v) is 16.8. The maximum absolute atomic E-state index is 13.0. The molecule has 0 aliphatic carbocycles. The lowest BCUT2D eigenvalue weighted by atomic mass is 10.1. The van der Waals surface area contributed by atoms with E-state index in [-0.39, 0.29) is 33.8 Å². The highest BCUT2D eigenvalue weighted by Crippen LogP contribution is 2.39. The Labute approximate surface area is 284 Å². The number of hydrogen-bond acceptors (Lipinski definition) is 16. The molecule has 4 atom stereocenters. The Morgan fingerprint density at radius 1 is 0.857 bits per heavy atom. The van der Waals surface area contributed by atoms with Gasteiger partial charge in [0.15, 0.2) is 39.7 Å². The molecule has 0 saturated carbocycles. The van der Waals surface area contributed by atoms with Gasteiger partial charge in [-0.1, -0.05) is 47.8 Å². The quantitative estimate of drug-likeness (QED) is 0.0914. The Morgan fingerprint density at radius 2 is 1.45 bits per heavy atom. The van der Waals surface area contributed by atoms with Crippen molar-refractivity contribution in [2.45, 2.75) is 46.2 Å². The third-order valence-corrected chi connectivity index (χ3v) is 10.0. The first-order chi connectivity index (χ1) is 23.7. The monoisotopic (exact) mass is 707 g/mol. The Morgan fingerprint density at radius 3 is 2.00 bits per heavy atom. The fraction of sp³-hybridized carbons (Fsp3) is 0.281. The molecular formula is C32H29N5O10S2. The molecule has 7 rings (SSSR count). The van der Waals surface area contributed by atoms with Crippen LogP contribution >= 0.6 is 23.5 Å². The van der Waals surface area contributed by atoms with Crippen LogP contribution in [-0.4, -0.2) is 74.0 Å². The number of benzene rings is 2. The molecular weight excluding hydrogens is 679 g/mol. The highest BCUT2D eigenvalue weighted by molar-refractivity contribution is 7.98. The molecule has 0 spiro atoms. The maximum Gasteiger partial charge on any atom is 0.340 e. The summed E-state index contributed by atoms with van der Waals surface area (Å²) in [6.45, 7) is -0.552. The number of fused-ring (bicyclic) bond motifs is 3. The predicted octanol–water partition coefficient (Wildman–Crippen LogP) is 2.83. The van der Waals surface area contributed by atoms with E-state index in [1.54, 1.807) is 48.5 Å². The summed E-state index contributed by atoms with van der Waals surface area (Å²) in [6.07, 6.45) is -5.20. The minimum Gasteiger partial charge on any atom is -0.493 e. The molecule has 254 valence electrons. The van der Waals surface area contributed by atoms with Gasteiger partial charge >= 0.3 is 11.3 Å². The zero-order valence-electron chi connectivity index (χ0n) is 25.9. The van der Waals surface area contributed by atoms with E-state index in [1.165, 1.54) is 30.5 Å². The number of imidazole rings is 1. The summed E-state index contributed by atoms with van der Waals surface area (Å²) < 4.78 is 29.1. The summed E-state index contributed by atoms with van der Waals surface area (Å²) in [4.78, 5) is 39.5. The van der Waals surface area contributed by atoms with E-state index in [0.29, 0.717) is 49.6 Å². The Bertz CT molecular complexity index is 2330. The fourth-order valence-electron chi connectivity index (χ4n) is 5.60. The number of hydrogen-bond donors (Lipinski definition) is 4. The number of nitrogen functional groups attached to an aromatic ring is 1. The Kier molecular flexibility index (Phi) is 8.95. The van der Waals surface area contributed by atoms with Gasteiger partial charge in [-0.3, -0.25) is 4.57 Å². The van der Waals surface area contributed by atoms with E-state index in [2.05, 4.69) is 9.97 Å². The molecule has 2 aromatic carbocycles.